The Morgan fingerprint density at radius 1 is 1.17 bits per heavy atom. The molecule has 1 aliphatic rings. The third-order valence-corrected chi connectivity index (χ3v) is 5.01. The number of nitrogens with zero attached hydrogens (tertiary/aromatic N) is 3. The SMILES string of the molecule is CCCCCCCOC(=O)C1=C(C)Nc2ncnn2C1c1ccccc1OCC. The molecule has 3 rings (SSSR count). The number of ether oxygens (including phenoxy) is 2. The third kappa shape index (κ3) is 4.78. The van der Waals surface area contributed by atoms with Crippen LogP contribution >= 0.6 is 0 Å². The predicted molar refractivity (Wildman–Crippen MR) is 112 cm³/mol. The molecule has 29 heavy (non-hydrogen) atoms. The maximum Gasteiger partial charge on any atom is 0.338 e. The van der Waals surface area contributed by atoms with Crippen molar-refractivity contribution < 1.29 is 14.3 Å². The van der Waals surface area contributed by atoms with Gasteiger partial charge in [-0.25, -0.2) is 9.48 Å². The second-order valence-electron chi connectivity index (χ2n) is 7.12. The van der Waals surface area contributed by atoms with Crippen LogP contribution in [0.4, 0.5) is 5.95 Å². The third-order valence-electron chi connectivity index (χ3n) is 5.01. The number of rotatable bonds is 10. The van der Waals surface area contributed by atoms with E-state index in [1.807, 2.05) is 38.1 Å². The van der Waals surface area contributed by atoms with E-state index in [1.165, 1.54) is 25.6 Å². The zero-order chi connectivity index (χ0) is 20.6. The van der Waals surface area contributed by atoms with Crippen molar-refractivity contribution in [2.45, 2.75) is 58.9 Å². The van der Waals surface area contributed by atoms with Gasteiger partial charge in [0.1, 0.15) is 18.1 Å². The summed E-state index contributed by atoms with van der Waals surface area (Å²) in [6.45, 7) is 6.95. The number of nitrogens with one attached hydrogen (secondary N) is 1. The molecule has 0 bridgehead atoms. The van der Waals surface area contributed by atoms with Crippen molar-refractivity contribution >= 4 is 11.9 Å². The van der Waals surface area contributed by atoms with Crippen LogP contribution in [0, 0.1) is 0 Å². The highest BCUT2D eigenvalue weighted by molar-refractivity contribution is 5.92. The number of anilines is 1. The minimum atomic E-state index is -0.455. The summed E-state index contributed by atoms with van der Waals surface area (Å²) in [6.07, 6.45) is 7.01. The average molecular weight is 399 g/mol. The van der Waals surface area contributed by atoms with Crippen molar-refractivity contribution in [1.29, 1.82) is 0 Å². The number of hydrogen-bond acceptors (Lipinski definition) is 6. The van der Waals surface area contributed by atoms with Gasteiger partial charge in [-0.05, 0) is 26.3 Å². The number of carbonyl (C=O) groups excluding carboxylic acids is 1. The Morgan fingerprint density at radius 2 is 1.97 bits per heavy atom. The summed E-state index contributed by atoms with van der Waals surface area (Å²) in [4.78, 5) is 17.3. The van der Waals surface area contributed by atoms with Crippen molar-refractivity contribution in [3.63, 3.8) is 0 Å². The number of benzene rings is 1. The molecule has 0 spiro atoms. The lowest BCUT2D eigenvalue weighted by Crippen LogP contribution is -2.30. The van der Waals surface area contributed by atoms with E-state index in [4.69, 9.17) is 9.47 Å². The van der Waals surface area contributed by atoms with E-state index in [-0.39, 0.29) is 5.97 Å². The number of hydrogen-bond donors (Lipinski definition) is 1. The molecule has 1 aliphatic heterocycles. The molecule has 0 fully saturated rings. The lowest BCUT2D eigenvalue weighted by molar-refractivity contribution is -0.139. The fraction of sp³-hybridized carbons (Fsp3) is 0.500. The van der Waals surface area contributed by atoms with Gasteiger partial charge in [0.2, 0.25) is 5.95 Å². The summed E-state index contributed by atoms with van der Waals surface area (Å²) >= 11 is 0. The number of carbonyl (C=O) groups is 1. The maximum absolute atomic E-state index is 13.1. The number of fused-ring (bicyclic) bond motifs is 1. The molecule has 7 nitrogen and oxygen atoms in total. The highest BCUT2D eigenvalue weighted by atomic mass is 16.5. The Hall–Kier alpha value is -2.83. The Balaban J connectivity index is 1.85. The summed E-state index contributed by atoms with van der Waals surface area (Å²) < 4.78 is 13.2. The number of aromatic nitrogens is 3. The molecule has 2 aromatic rings. The van der Waals surface area contributed by atoms with Gasteiger partial charge < -0.3 is 14.8 Å². The molecule has 1 atom stereocenters. The van der Waals surface area contributed by atoms with Crippen LogP contribution in [-0.4, -0.2) is 33.9 Å². The monoisotopic (exact) mass is 398 g/mol. The van der Waals surface area contributed by atoms with Crippen LogP contribution in [0.1, 0.15) is 64.5 Å². The van der Waals surface area contributed by atoms with Gasteiger partial charge in [-0.2, -0.15) is 10.1 Å². The van der Waals surface area contributed by atoms with E-state index < -0.39 is 6.04 Å². The fourth-order valence-electron chi connectivity index (χ4n) is 3.58. The Kier molecular flexibility index (Phi) is 7.27. The highest BCUT2D eigenvalue weighted by Gasteiger charge is 2.35. The van der Waals surface area contributed by atoms with Crippen molar-refractivity contribution in [3.05, 3.63) is 47.4 Å². The molecule has 2 heterocycles. The minimum Gasteiger partial charge on any atom is -0.494 e. The summed E-state index contributed by atoms with van der Waals surface area (Å²) in [5.41, 5.74) is 2.11. The van der Waals surface area contributed by atoms with Crippen LogP contribution in [0.25, 0.3) is 0 Å². The summed E-state index contributed by atoms with van der Waals surface area (Å²) in [5.74, 6) is 0.985. The molecule has 0 aliphatic carbocycles. The molecule has 0 saturated carbocycles. The number of allylic oxidation sites excluding steroid dienone is 1. The smallest absolute Gasteiger partial charge is 0.338 e. The Labute approximate surface area is 172 Å². The van der Waals surface area contributed by atoms with Gasteiger partial charge in [-0.3, -0.25) is 0 Å². The largest absolute Gasteiger partial charge is 0.494 e. The molecule has 0 saturated heterocycles. The van der Waals surface area contributed by atoms with E-state index in [2.05, 4.69) is 22.3 Å². The number of esters is 1. The summed E-state index contributed by atoms with van der Waals surface area (Å²) in [5, 5.41) is 7.53. The zero-order valence-corrected chi connectivity index (χ0v) is 17.5. The van der Waals surface area contributed by atoms with E-state index >= 15 is 0 Å². The first-order chi connectivity index (χ1) is 14.2. The molecule has 7 heteroatoms. The molecule has 0 amide bonds. The lowest BCUT2D eigenvalue weighted by atomic mass is 9.95. The molecule has 156 valence electrons. The maximum atomic E-state index is 13.1. The van der Waals surface area contributed by atoms with Gasteiger partial charge in [0.15, 0.2) is 0 Å². The lowest BCUT2D eigenvalue weighted by Gasteiger charge is -2.29. The molecule has 1 aromatic carbocycles. The fourth-order valence-corrected chi connectivity index (χ4v) is 3.58. The highest BCUT2D eigenvalue weighted by Crippen LogP contribution is 2.39. The van der Waals surface area contributed by atoms with E-state index in [1.54, 1.807) is 4.68 Å². The van der Waals surface area contributed by atoms with Crippen LogP contribution in [0.5, 0.6) is 5.75 Å². The van der Waals surface area contributed by atoms with Gasteiger partial charge in [0.25, 0.3) is 0 Å². The van der Waals surface area contributed by atoms with Crippen molar-refractivity contribution in [2.24, 2.45) is 0 Å². The summed E-state index contributed by atoms with van der Waals surface area (Å²) in [7, 11) is 0. The number of unbranched alkanes of at least 4 members (excludes halogenated alkanes) is 4. The second kappa shape index (κ2) is 10.1. The van der Waals surface area contributed by atoms with Gasteiger partial charge >= 0.3 is 5.97 Å². The Morgan fingerprint density at radius 3 is 2.76 bits per heavy atom. The van der Waals surface area contributed by atoms with Gasteiger partial charge in [0, 0.05) is 11.3 Å². The molecule has 1 aromatic heterocycles. The van der Waals surface area contributed by atoms with Crippen LogP contribution in [-0.2, 0) is 9.53 Å². The molecular weight excluding hydrogens is 368 g/mol. The average Bonchev–Trinajstić information content (AvgIpc) is 3.18. The topological polar surface area (TPSA) is 78.3 Å². The quantitative estimate of drug-likeness (QED) is 0.470. The normalized spacial score (nSPS) is 15.6. The van der Waals surface area contributed by atoms with E-state index in [0.29, 0.717) is 24.7 Å². The number of para-hydroxylation sites is 1. The van der Waals surface area contributed by atoms with Crippen molar-refractivity contribution in [1.82, 2.24) is 14.8 Å². The zero-order valence-electron chi connectivity index (χ0n) is 17.5. The van der Waals surface area contributed by atoms with Crippen LogP contribution in [0.3, 0.4) is 0 Å². The minimum absolute atomic E-state index is 0.331. The second-order valence-corrected chi connectivity index (χ2v) is 7.12. The standard InChI is InChI=1S/C22H30N4O3/c1-4-6-7-8-11-14-29-21(27)19-16(3)25-22-23-15-24-26(22)20(19)17-12-9-10-13-18(17)28-5-2/h9-10,12-13,15,20H,4-8,11,14H2,1-3H3,(H,23,24,25). The van der Waals surface area contributed by atoms with Gasteiger partial charge in [0.05, 0.1) is 18.8 Å². The Bertz CT molecular complexity index is 859. The first kappa shape index (κ1) is 20.9. The van der Waals surface area contributed by atoms with Crippen LogP contribution in [0.15, 0.2) is 41.9 Å². The van der Waals surface area contributed by atoms with Gasteiger partial charge in [-0.1, -0.05) is 50.8 Å². The summed E-state index contributed by atoms with van der Waals surface area (Å²) in [6, 6.07) is 7.26. The first-order valence-electron chi connectivity index (χ1n) is 10.4. The molecule has 0 radical (unpaired) electrons. The van der Waals surface area contributed by atoms with E-state index in [9.17, 15) is 4.79 Å². The molecule has 1 N–H and O–H groups in total. The molecular formula is C22H30N4O3. The van der Waals surface area contributed by atoms with Gasteiger partial charge in [-0.15, -0.1) is 0 Å². The predicted octanol–water partition coefficient (Wildman–Crippen LogP) is 4.48. The van der Waals surface area contributed by atoms with Crippen LogP contribution < -0.4 is 10.1 Å². The first-order valence-corrected chi connectivity index (χ1v) is 10.4. The van der Waals surface area contributed by atoms with Crippen LogP contribution in [0.2, 0.25) is 0 Å². The van der Waals surface area contributed by atoms with Crippen molar-refractivity contribution in [2.75, 3.05) is 18.5 Å². The van der Waals surface area contributed by atoms with Crippen molar-refractivity contribution in [3.8, 4) is 5.75 Å². The molecule has 1 unspecified atom stereocenters. The van der Waals surface area contributed by atoms with E-state index in [0.717, 1.165) is 29.9 Å².